The van der Waals surface area contributed by atoms with Crippen molar-refractivity contribution in [3.8, 4) is 6.07 Å². The van der Waals surface area contributed by atoms with E-state index in [1.54, 1.807) is 30.3 Å². The highest BCUT2D eigenvalue weighted by Gasteiger charge is 2.44. The van der Waals surface area contributed by atoms with Crippen LogP contribution in [-0.2, 0) is 19.1 Å². The Labute approximate surface area is 203 Å². The number of nitriles is 1. The van der Waals surface area contributed by atoms with E-state index in [0.717, 1.165) is 25.2 Å². The molecule has 1 heterocycles. The first-order valence-electron chi connectivity index (χ1n) is 9.47. The number of rotatable bonds is 5. The monoisotopic (exact) mass is 502 g/mol. The van der Waals surface area contributed by atoms with Gasteiger partial charge in [0.25, 0.3) is 5.69 Å². The molecule has 34 heavy (non-hydrogen) atoms. The second kappa shape index (κ2) is 9.82. The van der Waals surface area contributed by atoms with Gasteiger partial charge in [-0.2, -0.15) is 5.26 Å². The van der Waals surface area contributed by atoms with Crippen LogP contribution in [0.25, 0.3) is 0 Å². The number of methoxy groups -OCH3 is 2. The van der Waals surface area contributed by atoms with Crippen LogP contribution in [0.5, 0.6) is 0 Å². The molecule has 0 aromatic heterocycles. The maximum Gasteiger partial charge on any atom is 0.355 e. The number of nitrogens with two attached hydrogens (primary N) is 1. The fourth-order valence-electron chi connectivity index (χ4n) is 3.62. The van der Waals surface area contributed by atoms with Crippen molar-refractivity contribution in [3.63, 3.8) is 0 Å². The zero-order valence-corrected chi connectivity index (χ0v) is 19.3. The number of allylic oxidation sites excluding steroid dienone is 1. The third-order valence-electron chi connectivity index (χ3n) is 5.08. The maximum absolute atomic E-state index is 13.0. The van der Waals surface area contributed by atoms with Gasteiger partial charge in [-0.15, -0.1) is 0 Å². The van der Waals surface area contributed by atoms with Crippen LogP contribution in [-0.4, -0.2) is 31.1 Å². The summed E-state index contributed by atoms with van der Waals surface area (Å²) >= 11 is 12.6. The van der Waals surface area contributed by atoms with E-state index in [2.05, 4.69) is 0 Å². The number of nitro groups is 1. The van der Waals surface area contributed by atoms with Crippen LogP contribution in [0.15, 0.2) is 65.1 Å². The Morgan fingerprint density at radius 2 is 1.74 bits per heavy atom. The van der Waals surface area contributed by atoms with Gasteiger partial charge in [-0.1, -0.05) is 53.5 Å². The van der Waals surface area contributed by atoms with Gasteiger partial charge in [0.2, 0.25) is 0 Å². The first kappa shape index (κ1) is 24.6. The van der Waals surface area contributed by atoms with Gasteiger partial charge in [0.1, 0.15) is 16.5 Å². The summed E-state index contributed by atoms with van der Waals surface area (Å²) < 4.78 is 9.82. The van der Waals surface area contributed by atoms with Crippen LogP contribution < -0.4 is 10.6 Å². The molecule has 0 spiro atoms. The summed E-state index contributed by atoms with van der Waals surface area (Å²) in [4.78, 5) is 37.7. The largest absolute Gasteiger partial charge is 0.466 e. The van der Waals surface area contributed by atoms with E-state index in [1.807, 2.05) is 6.07 Å². The minimum Gasteiger partial charge on any atom is -0.466 e. The molecule has 12 heteroatoms. The summed E-state index contributed by atoms with van der Waals surface area (Å²) in [6.07, 6.45) is 0. The van der Waals surface area contributed by atoms with E-state index in [1.165, 1.54) is 6.07 Å². The molecule has 0 fully saturated rings. The fourth-order valence-corrected chi connectivity index (χ4v) is 4.23. The number of hydrogen-bond donors (Lipinski definition) is 1. The van der Waals surface area contributed by atoms with Crippen molar-refractivity contribution in [2.45, 2.75) is 5.92 Å². The minimum atomic E-state index is -1.11. The molecule has 2 aromatic rings. The number of benzene rings is 2. The average molecular weight is 503 g/mol. The zero-order valence-electron chi connectivity index (χ0n) is 17.7. The lowest BCUT2D eigenvalue weighted by atomic mass is 9.81. The third kappa shape index (κ3) is 4.03. The second-order valence-electron chi connectivity index (χ2n) is 6.82. The van der Waals surface area contributed by atoms with Crippen LogP contribution in [0.2, 0.25) is 10.0 Å². The molecule has 0 amide bonds. The molecule has 1 atom stereocenters. The van der Waals surface area contributed by atoms with Crippen molar-refractivity contribution >= 4 is 46.5 Å². The number of hydrogen-bond acceptors (Lipinski definition) is 9. The van der Waals surface area contributed by atoms with E-state index < -0.39 is 39.2 Å². The number of ether oxygens (including phenoxy) is 2. The highest BCUT2D eigenvalue weighted by molar-refractivity contribution is 6.41. The Balaban J connectivity index is 2.51. The summed E-state index contributed by atoms with van der Waals surface area (Å²) in [5.74, 6) is -3.44. The number of halogens is 2. The lowest BCUT2D eigenvalue weighted by Gasteiger charge is -2.36. The molecule has 3 rings (SSSR count). The lowest BCUT2D eigenvalue weighted by molar-refractivity contribution is -0.384. The second-order valence-corrected chi connectivity index (χ2v) is 7.61. The molecule has 1 aliphatic rings. The third-order valence-corrected chi connectivity index (χ3v) is 5.75. The first-order chi connectivity index (χ1) is 16.2. The van der Waals surface area contributed by atoms with E-state index in [9.17, 15) is 25.0 Å². The molecule has 1 unspecified atom stereocenters. The molecule has 2 aromatic carbocycles. The molecular weight excluding hydrogens is 487 g/mol. The predicted octanol–water partition coefficient (Wildman–Crippen LogP) is 3.80. The van der Waals surface area contributed by atoms with Crippen LogP contribution in [0.3, 0.4) is 0 Å². The van der Waals surface area contributed by atoms with Crippen molar-refractivity contribution in [2.24, 2.45) is 5.73 Å². The van der Waals surface area contributed by atoms with Crippen molar-refractivity contribution < 1.29 is 24.0 Å². The average Bonchev–Trinajstić information content (AvgIpc) is 2.83. The molecule has 10 nitrogen and oxygen atoms in total. The van der Waals surface area contributed by atoms with Crippen molar-refractivity contribution in [1.82, 2.24) is 0 Å². The van der Waals surface area contributed by atoms with Gasteiger partial charge in [0, 0.05) is 6.07 Å². The minimum absolute atomic E-state index is 0.139. The number of esters is 2. The topological polar surface area (TPSA) is 149 Å². The van der Waals surface area contributed by atoms with Gasteiger partial charge < -0.3 is 15.2 Å². The quantitative estimate of drug-likeness (QED) is 0.365. The summed E-state index contributed by atoms with van der Waals surface area (Å²) in [6, 6.07) is 12.6. The van der Waals surface area contributed by atoms with Crippen molar-refractivity contribution in [3.05, 3.63) is 90.9 Å². The number of anilines is 1. The molecule has 174 valence electrons. The van der Waals surface area contributed by atoms with E-state index in [4.69, 9.17) is 38.4 Å². The highest BCUT2D eigenvalue weighted by Crippen LogP contribution is 2.48. The van der Waals surface area contributed by atoms with Crippen LogP contribution >= 0.6 is 23.2 Å². The molecule has 0 saturated heterocycles. The Morgan fingerprint density at radius 3 is 2.26 bits per heavy atom. The molecule has 0 aliphatic carbocycles. The van der Waals surface area contributed by atoms with E-state index >= 15 is 0 Å². The summed E-state index contributed by atoms with van der Waals surface area (Å²) in [7, 11) is 2.16. The van der Waals surface area contributed by atoms with E-state index in [0.29, 0.717) is 5.56 Å². The Hall–Kier alpha value is -4.07. The van der Waals surface area contributed by atoms with Gasteiger partial charge >= 0.3 is 11.9 Å². The van der Waals surface area contributed by atoms with Crippen molar-refractivity contribution in [1.29, 1.82) is 5.26 Å². The van der Waals surface area contributed by atoms with Gasteiger partial charge in [-0.3, -0.25) is 15.0 Å². The maximum atomic E-state index is 13.0. The zero-order chi connectivity index (χ0) is 25.2. The predicted molar refractivity (Wildman–Crippen MR) is 123 cm³/mol. The molecule has 0 radical (unpaired) electrons. The first-order valence-corrected chi connectivity index (χ1v) is 10.2. The molecule has 0 saturated carbocycles. The van der Waals surface area contributed by atoms with E-state index in [-0.39, 0.29) is 27.7 Å². The summed E-state index contributed by atoms with van der Waals surface area (Å²) in [5.41, 5.74) is 5.10. The molecule has 0 bridgehead atoms. The SMILES string of the molecule is COC(=O)C1=C(C(=O)OC)N(c2c(Cl)ccc([N+](=O)[O-])c2Cl)C(N)=C(C#N)C1c1ccccc1. The summed E-state index contributed by atoms with van der Waals surface area (Å²) in [6.45, 7) is 0. The Bertz CT molecular complexity index is 1300. The Morgan fingerprint density at radius 1 is 1.12 bits per heavy atom. The number of nitrogens with zero attached hydrogens (tertiary/aromatic N) is 3. The standard InChI is InChI=1S/C22H16Cl2N4O6/c1-33-21(29)16-15(11-6-4-3-5-7-11)12(10-25)20(26)27(19(16)22(30)34-2)18-13(23)8-9-14(17(18)24)28(31)32/h3-9,15H,26H2,1-2H3. The normalized spacial score (nSPS) is 15.6. The van der Waals surface area contributed by atoms with Gasteiger partial charge in [0.05, 0.1) is 53.0 Å². The number of carbonyl (C=O) groups excluding carboxylic acids is 2. The van der Waals surface area contributed by atoms with Crippen LogP contribution in [0.4, 0.5) is 11.4 Å². The van der Waals surface area contributed by atoms with Gasteiger partial charge in [-0.05, 0) is 11.6 Å². The molecule has 1 aliphatic heterocycles. The number of nitro benzene ring substituents is 1. The summed E-state index contributed by atoms with van der Waals surface area (Å²) in [5, 5.41) is 20.9. The number of carbonyl (C=O) groups is 2. The smallest absolute Gasteiger partial charge is 0.355 e. The van der Waals surface area contributed by atoms with Crippen LogP contribution in [0.1, 0.15) is 11.5 Å². The fraction of sp³-hybridized carbons (Fsp3) is 0.136. The van der Waals surface area contributed by atoms with Crippen LogP contribution in [0, 0.1) is 21.4 Å². The molecule has 2 N–H and O–H groups in total. The lowest BCUT2D eigenvalue weighted by Crippen LogP contribution is -2.41. The van der Waals surface area contributed by atoms with Gasteiger partial charge in [-0.25, -0.2) is 9.59 Å². The van der Waals surface area contributed by atoms with Crippen molar-refractivity contribution in [2.75, 3.05) is 19.1 Å². The van der Waals surface area contributed by atoms with Gasteiger partial charge in [0.15, 0.2) is 0 Å². The molecular formula is C22H16Cl2N4O6. The Kier molecular flexibility index (Phi) is 7.10. The highest BCUT2D eigenvalue weighted by atomic mass is 35.5.